The molecule has 0 N–H and O–H groups in total. The van der Waals surface area contributed by atoms with Crippen molar-refractivity contribution in [3.05, 3.63) is 23.0 Å². The van der Waals surface area contributed by atoms with E-state index in [0.29, 0.717) is 12.1 Å². The maximum atomic E-state index is 12.0. The van der Waals surface area contributed by atoms with E-state index >= 15 is 0 Å². The summed E-state index contributed by atoms with van der Waals surface area (Å²) in [6.45, 7) is 3.63. The minimum Gasteiger partial charge on any atom is -0.315 e. The van der Waals surface area contributed by atoms with Gasteiger partial charge in [-0.25, -0.2) is 14.7 Å². The Morgan fingerprint density at radius 3 is 2.56 bits per heavy atom. The summed E-state index contributed by atoms with van der Waals surface area (Å²) in [7, 11) is 1.61. The lowest BCUT2D eigenvalue weighted by Gasteiger charge is -2.15. The molecule has 96 valence electrons. The first-order chi connectivity index (χ1) is 8.45. The van der Waals surface area contributed by atoms with Crippen LogP contribution in [-0.4, -0.2) is 34.9 Å². The van der Waals surface area contributed by atoms with Crippen LogP contribution in [0.1, 0.15) is 19.5 Å². The SMILES string of the molecule is CCc1cc(N2C(=O)C(C)N(C)C2=O)cc(Cl)n1. The van der Waals surface area contributed by atoms with E-state index in [1.54, 1.807) is 20.0 Å². The zero-order valence-electron chi connectivity index (χ0n) is 10.5. The standard InChI is InChI=1S/C12H14ClN3O2/c1-4-8-5-9(6-10(13)14-8)16-11(17)7(2)15(3)12(16)18/h5-7H,4H2,1-3H3. The molecule has 1 saturated heterocycles. The van der Waals surface area contributed by atoms with Gasteiger partial charge in [0.25, 0.3) is 5.91 Å². The summed E-state index contributed by atoms with van der Waals surface area (Å²) < 4.78 is 0. The van der Waals surface area contributed by atoms with Crippen LogP contribution in [0.3, 0.4) is 0 Å². The molecule has 1 fully saturated rings. The number of anilines is 1. The first-order valence-electron chi connectivity index (χ1n) is 5.73. The Labute approximate surface area is 110 Å². The molecule has 0 saturated carbocycles. The van der Waals surface area contributed by atoms with Crippen molar-refractivity contribution in [1.82, 2.24) is 9.88 Å². The van der Waals surface area contributed by atoms with Gasteiger partial charge in [-0.2, -0.15) is 0 Å². The lowest BCUT2D eigenvalue weighted by Crippen LogP contribution is -2.31. The van der Waals surface area contributed by atoms with Crippen LogP contribution in [0.5, 0.6) is 0 Å². The number of nitrogens with zero attached hydrogens (tertiary/aromatic N) is 3. The highest BCUT2D eigenvalue weighted by Crippen LogP contribution is 2.26. The molecule has 5 nitrogen and oxygen atoms in total. The molecule has 0 radical (unpaired) electrons. The van der Waals surface area contributed by atoms with Crippen molar-refractivity contribution in [3.63, 3.8) is 0 Å². The van der Waals surface area contributed by atoms with Gasteiger partial charge in [-0.15, -0.1) is 0 Å². The van der Waals surface area contributed by atoms with Crippen LogP contribution in [0.4, 0.5) is 10.5 Å². The molecule has 1 atom stereocenters. The molecule has 1 aromatic rings. The number of hydrogen-bond acceptors (Lipinski definition) is 3. The quantitative estimate of drug-likeness (QED) is 0.609. The van der Waals surface area contributed by atoms with Crippen molar-refractivity contribution in [3.8, 4) is 0 Å². The summed E-state index contributed by atoms with van der Waals surface area (Å²) in [6, 6.07) is 2.46. The lowest BCUT2D eigenvalue weighted by atomic mass is 10.2. The molecule has 2 heterocycles. The van der Waals surface area contributed by atoms with Gasteiger partial charge in [-0.05, 0) is 25.5 Å². The first kappa shape index (κ1) is 12.8. The summed E-state index contributed by atoms with van der Waals surface area (Å²) in [5.41, 5.74) is 1.23. The molecule has 3 amide bonds. The Balaban J connectivity index is 2.46. The fraction of sp³-hybridized carbons (Fsp3) is 0.417. The maximum absolute atomic E-state index is 12.0. The van der Waals surface area contributed by atoms with Crippen molar-refractivity contribution >= 4 is 29.2 Å². The largest absolute Gasteiger partial charge is 0.331 e. The van der Waals surface area contributed by atoms with Gasteiger partial charge in [0.2, 0.25) is 0 Å². The molecule has 0 aromatic carbocycles. The number of urea groups is 1. The summed E-state index contributed by atoms with van der Waals surface area (Å²) in [4.78, 5) is 30.7. The fourth-order valence-corrected chi connectivity index (χ4v) is 2.07. The number of carbonyl (C=O) groups is 2. The van der Waals surface area contributed by atoms with Gasteiger partial charge in [-0.1, -0.05) is 18.5 Å². The smallest absolute Gasteiger partial charge is 0.315 e. The minimum absolute atomic E-state index is 0.244. The number of rotatable bonds is 2. The van der Waals surface area contributed by atoms with E-state index in [4.69, 9.17) is 11.6 Å². The zero-order chi connectivity index (χ0) is 13.4. The second-order valence-electron chi connectivity index (χ2n) is 4.24. The number of amides is 3. The summed E-state index contributed by atoms with van der Waals surface area (Å²) in [5.74, 6) is -0.244. The lowest BCUT2D eigenvalue weighted by molar-refractivity contribution is -0.119. The van der Waals surface area contributed by atoms with Gasteiger partial charge in [0.1, 0.15) is 11.2 Å². The van der Waals surface area contributed by atoms with Crippen molar-refractivity contribution < 1.29 is 9.59 Å². The Hall–Kier alpha value is -1.62. The van der Waals surface area contributed by atoms with E-state index in [1.807, 2.05) is 6.92 Å². The molecule has 1 aliphatic heterocycles. The summed E-state index contributed by atoms with van der Waals surface area (Å²) in [6.07, 6.45) is 0.690. The van der Waals surface area contributed by atoms with Gasteiger partial charge in [-0.3, -0.25) is 4.79 Å². The van der Waals surface area contributed by atoms with Gasteiger partial charge in [0.15, 0.2) is 0 Å². The normalized spacial score (nSPS) is 19.9. The number of aromatic nitrogens is 1. The molecule has 1 unspecified atom stereocenters. The van der Waals surface area contributed by atoms with E-state index in [-0.39, 0.29) is 17.1 Å². The third kappa shape index (κ3) is 1.95. The molecule has 6 heteroatoms. The van der Waals surface area contributed by atoms with E-state index in [0.717, 1.165) is 10.6 Å². The Bertz CT molecular complexity index is 498. The van der Waals surface area contributed by atoms with Crippen LogP contribution in [-0.2, 0) is 11.2 Å². The van der Waals surface area contributed by atoms with E-state index in [1.165, 1.54) is 11.0 Å². The highest BCUT2D eigenvalue weighted by molar-refractivity contribution is 6.30. The predicted octanol–water partition coefficient (Wildman–Crippen LogP) is 2.08. The average Bonchev–Trinajstić information content (AvgIpc) is 2.53. The molecule has 0 bridgehead atoms. The van der Waals surface area contributed by atoms with Crippen LogP contribution in [0.25, 0.3) is 0 Å². The number of carbonyl (C=O) groups excluding carboxylic acids is 2. The second-order valence-corrected chi connectivity index (χ2v) is 4.62. The van der Waals surface area contributed by atoms with E-state index in [9.17, 15) is 9.59 Å². The highest BCUT2D eigenvalue weighted by atomic mass is 35.5. The summed E-state index contributed by atoms with van der Waals surface area (Å²) >= 11 is 5.90. The van der Waals surface area contributed by atoms with Gasteiger partial charge < -0.3 is 4.90 Å². The predicted molar refractivity (Wildman–Crippen MR) is 68.7 cm³/mol. The number of pyridine rings is 1. The van der Waals surface area contributed by atoms with Crippen LogP contribution < -0.4 is 4.90 Å². The van der Waals surface area contributed by atoms with E-state index in [2.05, 4.69) is 4.98 Å². The van der Waals surface area contributed by atoms with Crippen LogP contribution in [0, 0.1) is 0 Å². The second kappa shape index (κ2) is 4.57. The van der Waals surface area contributed by atoms with Crippen molar-refractivity contribution in [2.75, 3.05) is 11.9 Å². The molecule has 1 aliphatic rings. The average molecular weight is 268 g/mol. The first-order valence-corrected chi connectivity index (χ1v) is 6.10. The van der Waals surface area contributed by atoms with Crippen molar-refractivity contribution in [2.24, 2.45) is 0 Å². The molecule has 0 aliphatic carbocycles. The molecular formula is C12H14ClN3O2. The number of likely N-dealkylation sites (N-methyl/N-ethyl adjacent to an activating group) is 1. The topological polar surface area (TPSA) is 53.5 Å². The Kier molecular flexibility index (Phi) is 3.26. The zero-order valence-corrected chi connectivity index (χ0v) is 11.2. The van der Waals surface area contributed by atoms with Crippen molar-refractivity contribution in [1.29, 1.82) is 0 Å². The third-order valence-electron chi connectivity index (χ3n) is 3.10. The molecule has 1 aromatic heterocycles. The van der Waals surface area contributed by atoms with Crippen LogP contribution in [0.15, 0.2) is 12.1 Å². The van der Waals surface area contributed by atoms with E-state index < -0.39 is 6.04 Å². The number of halogens is 1. The van der Waals surface area contributed by atoms with Crippen LogP contribution in [0.2, 0.25) is 5.15 Å². The Morgan fingerprint density at radius 1 is 1.39 bits per heavy atom. The number of hydrogen-bond donors (Lipinski definition) is 0. The molecule has 2 rings (SSSR count). The third-order valence-corrected chi connectivity index (χ3v) is 3.30. The van der Waals surface area contributed by atoms with Gasteiger partial charge in [0, 0.05) is 12.7 Å². The van der Waals surface area contributed by atoms with Gasteiger partial charge in [0.05, 0.1) is 5.69 Å². The molecular weight excluding hydrogens is 254 g/mol. The Morgan fingerprint density at radius 2 is 2.06 bits per heavy atom. The highest BCUT2D eigenvalue weighted by Gasteiger charge is 2.41. The number of aryl methyl sites for hydroxylation is 1. The fourth-order valence-electron chi connectivity index (χ4n) is 1.85. The minimum atomic E-state index is -0.450. The van der Waals surface area contributed by atoms with Gasteiger partial charge >= 0.3 is 6.03 Å². The van der Waals surface area contributed by atoms with Crippen LogP contribution >= 0.6 is 11.6 Å². The van der Waals surface area contributed by atoms with Crippen molar-refractivity contribution in [2.45, 2.75) is 26.3 Å². The maximum Gasteiger partial charge on any atom is 0.331 e. The molecule has 0 spiro atoms. The number of imide groups is 1. The summed E-state index contributed by atoms with van der Waals surface area (Å²) in [5, 5.41) is 0.284. The molecule has 18 heavy (non-hydrogen) atoms. The monoisotopic (exact) mass is 267 g/mol.